The highest BCUT2D eigenvalue weighted by Gasteiger charge is 2.18. The number of ether oxygens (including phenoxy) is 1. The molecule has 1 aromatic heterocycles. The quantitative estimate of drug-likeness (QED) is 0.823. The zero-order chi connectivity index (χ0) is 10.5. The Morgan fingerprint density at radius 3 is 2.87 bits per heavy atom. The van der Waals surface area contributed by atoms with E-state index in [-0.39, 0.29) is 6.10 Å². The van der Waals surface area contributed by atoms with Crippen molar-refractivity contribution in [1.82, 2.24) is 9.97 Å². The van der Waals surface area contributed by atoms with Crippen molar-refractivity contribution in [1.29, 1.82) is 0 Å². The van der Waals surface area contributed by atoms with Gasteiger partial charge in [-0.05, 0) is 18.5 Å². The molecule has 15 heavy (non-hydrogen) atoms. The molecule has 82 valence electrons. The third kappa shape index (κ3) is 2.90. The molecule has 2 heterocycles. The number of aromatic nitrogens is 2. The Bertz CT molecular complexity index is 298. The highest BCUT2D eigenvalue weighted by atomic mass is 32.2. The van der Waals surface area contributed by atoms with Crippen molar-refractivity contribution in [2.75, 3.05) is 24.7 Å². The van der Waals surface area contributed by atoms with Crippen molar-refractivity contribution in [2.24, 2.45) is 5.73 Å². The second kappa shape index (κ2) is 5.44. The van der Waals surface area contributed by atoms with E-state index in [0.29, 0.717) is 6.54 Å². The molecule has 0 aromatic carbocycles. The Morgan fingerprint density at radius 2 is 2.27 bits per heavy atom. The molecule has 0 spiro atoms. The maximum atomic E-state index is 5.59. The molecule has 5 heteroatoms. The van der Waals surface area contributed by atoms with Gasteiger partial charge in [-0.25, -0.2) is 9.97 Å². The Hall–Kier alpha value is -0.650. The topological polar surface area (TPSA) is 61.0 Å². The fourth-order valence-corrected chi connectivity index (χ4v) is 2.30. The summed E-state index contributed by atoms with van der Waals surface area (Å²) in [5.41, 5.74) is 6.55. The molecular formula is C10H15N3OS. The molecule has 0 amide bonds. The fourth-order valence-electron chi connectivity index (χ4n) is 1.46. The number of nitrogens with two attached hydrogens (primary N) is 1. The summed E-state index contributed by atoms with van der Waals surface area (Å²) in [6.07, 6.45) is 4.59. The first-order chi connectivity index (χ1) is 7.40. The van der Waals surface area contributed by atoms with Crippen LogP contribution in [0.4, 0.5) is 0 Å². The van der Waals surface area contributed by atoms with E-state index in [4.69, 9.17) is 10.5 Å². The smallest absolute Gasteiger partial charge is 0.157 e. The van der Waals surface area contributed by atoms with Gasteiger partial charge in [-0.2, -0.15) is 11.8 Å². The largest absolute Gasteiger partial charge is 0.368 e. The van der Waals surface area contributed by atoms with E-state index >= 15 is 0 Å². The van der Waals surface area contributed by atoms with Gasteiger partial charge >= 0.3 is 0 Å². The van der Waals surface area contributed by atoms with Crippen LogP contribution in [0.1, 0.15) is 17.5 Å². The lowest BCUT2D eigenvalue weighted by molar-refractivity contribution is 0.0694. The van der Waals surface area contributed by atoms with E-state index in [1.807, 2.05) is 24.2 Å². The van der Waals surface area contributed by atoms with Gasteiger partial charge in [-0.15, -0.1) is 0 Å². The molecule has 0 aliphatic carbocycles. The fraction of sp³-hybridized carbons (Fsp3) is 0.600. The summed E-state index contributed by atoms with van der Waals surface area (Å²) >= 11 is 1.89. The lowest BCUT2D eigenvalue weighted by atomic mass is 10.2. The van der Waals surface area contributed by atoms with E-state index in [2.05, 4.69) is 9.97 Å². The van der Waals surface area contributed by atoms with Crippen molar-refractivity contribution in [2.45, 2.75) is 12.5 Å². The first kappa shape index (κ1) is 10.9. The summed E-state index contributed by atoms with van der Waals surface area (Å²) < 4.78 is 5.59. The van der Waals surface area contributed by atoms with Crippen LogP contribution < -0.4 is 5.73 Å². The molecule has 2 rings (SSSR count). The van der Waals surface area contributed by atoms with Crippen LogP contribution in [0.3, 0.4) is 0 Å². The predicted octanol–water partition coefficient (Wildman–Crippen LogP) is 0.782. The van der Waals surface area contributed by atoms with Crippen LogP contribution in [0, 0.1) is 0 Å². The molecule has 0 saturated carbocycles. The normalized spacial score (nSPS) is 21.5. The van der Waals surface area contributed by atoms with E-state index < -0.39 is 0 Å². The minimum atomic E-state index is 0.0654. The molecule has 1 aliphatic rings. The molecule has 1 aromatic rings. The van der Waals surface area contributed by atoms with Crippen LogP contribution in [0.15, 0.2) is 12.4 Å². The number of hydrogen-bond donors (Lipinski definition) is 1. The molecule has 1 fully saturated rings. The van der Waals surface area contributed by atoms with Crippen LogP contribution in [-0.4, -0.2) is 34.6 Å². The Morgan fingerprint density at radius 1 is 1.47 bits per heavy atom. The molecule has 0 bridgehead atoms. The summed E-state index contributed by atoms with van der Waals surface area (Å²) in [5.74, 6) is 2.82. The van der Waals surface area contributed by atoms with Gasteiger partial charge in [0.05, 0.1) is 6.61 Å². The highest BCUT2D eigenvalue weighted by molar-refractivity contribution is 7.99. The summed E-state index contributed by atoms with van der Waals surface area (Å²) in [6.45, 7) is 1.43. The van der Waals surface area contributed by atoms with Crippen LogP contribution in [0.5, 0.6) is 0 Å². The number of nitrogens with zero attached hydrogens (tertiary/aromatic N) is 2. The van der Waals surface area contributed by atoms with Crippen molar-refractivity contribution in [3.05, 3.63) is 23.8 Å². The maximum Gasteiger partial charge on any atom is 0.157 e. The Kier molecular flexibility index (Phi) is 3.94. The van der Waals surface area contributed by atoms with Gasteiger partial charge in [0.25, 0.3) is 0 Å². The summed E-state index contributed by atoms with van der Waals surface area (Å²) in [6, 6.07) is 0. The zero-order valence-electron chi connectivity index (χ0n) is 8.56. The lowest BCUT2D eigenvalue weighted by Gasteiger charge is -2.20. The monoisotopic (exact) mass is 225 g/mol. The summed E-state index contributed by atoms with van der Waals surface area (Å²) in [4.78, 5) is 8.63. The van der Waals surface area contributed by atoms with Gasteiger partial charge in [0.2, 0.25) is 0 Å². The molecule has 4 nitrogen and oxygen atoms in total. The lowest BCUT2D eigenvalue weighted by Crippen LogP contribution is -2.18. The van der Waals surface area contributed by atoms with E-state index in [1.165, 1.54) is 0 Å². The van der Waals surface area contributed by atoms with Gasteiger partial charge in [-0.3, -0.25) is 0 Å². The second-order valence-corrected chi connectivity index (χ2v) is 4.57. The second-order valence-electron chi connectivity index (χ2n) is 3.42. The number of hydrogen-bond acceptors (Lipinski definition) is 5. The molecule has 0 radical (unpaired) electrons. The van der Waals surface area contributed by atoms with Crippen molar-refractivity contribution >= 4 is 11.8 Å². The summed E-state index contributed by atoms with van der Waals surface area (Å²) in [7, 11) is 0. The standard InChI is InChI=1S/C10H15N3OS/c11-2-1-8-5-12-10(13-6-8)9-7-15-4-3-14-9/h5-6,9H,1-4,7,11H2. The van der Waals surface area contributed by atoms with Gasteiger partial charge in [-0.1, -0.05) is 0 Å². The van der Waals surface area contributed by atoms with Gasteiger partial charge in [0, 0.05) is 23.9 Å². The average Bonchev–Trinajstić information content (AvgIpc) is 2.32. The Labute approximate surface area is 93.6 Å². The molecule has 1 saturated heterocycles. The first-order valence-corrected chi connectivity index (χ1v) is 6.26. The van der Waals surface area contributed by atoms with E-state index in [9.17, 15) is 0 Å². The molecule has 2 N–H and O–H groups in total. The third-order valence-corrected chi connectivity index (χ3v) is 3.26. The van der Waals surface area contributed by atoms with Crippen molar-refractivity contribution < 1.29 is 4.74 Å². The zero-order valence-corrected chi connectivity index (χ0v) is 9.37. The third-order valence-electron chi connectivity index (χ3n) is 2.26. The summed E-state index contributed by atoms with van der Waals surface area (Å²) in [5, 5.41) is 0. The molecule has 1 aliphatic heterocycles. The van der Waals surface area contributed by atoms with Gasteiger partial charge in [0.15, 0.2) is 5.82 Å². The highest BCUT2D eigenvalue weighted by Crippen LogP contribution is 2.23. The number of thioether (sulfide) groups is 1. The van der Waals surface area contributed by atoms with Gasteiger partial charge in [0.1, 0.15) is 6.10 Å². The van der Waals surface area contributed by atoms with Crippen LogP contribution in [-0.2, 0) is 11.2 Å². The van der Waals surface area contributed by atoms with Crippen molar-refractivity contribution in [3.8, 4) is 0 Å². The van der Waals surface area contributed by atoms with Crippen LogP contribution in [0.2, 0.25) is 0 Å². The van der Waals surface area contributed by atoms with Crippen LogP contribution >= 0.6 is 11.8 Å². The first-order valence-electron chi connectivity index (χ1n) is 5.10. The molecular weight excluding hydrogens is 210 g/mol. The average molecular weight is 225 g/mol. The minimum Gasteiger partial charge on any atom is -0.368 e. The Balaban J connectivity index is 2.02. The molecule has 1 atom stereocenters. The van der Waals surface area contributed by atoms with Crippen LogP contribution in [0.25, 0.3) is 0 Å². The SMILES string of the molecule is NCCc1cnc(C2CSCCO2)nc1. The van der Waals surface area contributed by atoms with Gasteiger partial charge < -0.3 is 10.5 Å². The molecule has 1 unspecified atom stereocenters. The van der Waals surface area contributed by atoms with E-state index in [1.54, 1.807) is 0 Å². The maximum absolute atomic E-state index is 5.59. The minimum absolute atomic E-state index is 0.0654. The van der Waals surface area contributed by atoms with Crippen molar-refractivity contribution in [3.63, 3.8) is 0 Å². The predicted molar refractivity (Wildman–Crippen MR) is 60.8 cm³/mol. The van der Waals surface area contributed by atoms with E-state index in [0.717, 1.165) is 35.9 Å². The number of rotatable bonds is 3.